The number of aromatic nitrogens is 1. The van der Waals surface area contributed by atoms with E-state index in [1.807, 2.05) is 79.9 Å². The molecule has 0 saturated carbocycles. The van der Waals surface area contributed by atoms with E-state index in [1.165, 1.54) is 10.5 Å². The first-order valence-corrected chi connectivity index (χ1v) is 11.0. The molecule has 1 saturated heterocycles. The first-order valence-electron chi connectivity index (χ1n) is 10.6. The number of para-hydroxylation sites is 2. The highest BCUT2D eigenvalue weighted by molar-refractivity contribution is 7.80. The molecule has 162 valence electrons. The highest BCUT2D eigenvalue weighted by atomic mass is 32.1. The van der Waals surface area contributed by atoms with Crippen LogP contribution in [0.3, 0.4) is 0 Å². The second-order valence-corrected chi connectivity index (χ2v) is 8.35. The maximum absolute atomic E-state index is 13.4. The third-order valence-corrected chi connectivity index (χ3v) is 6.06. The summed E-state index contributed by atoms with van der Waals surface area (Å²) in [7, 11) is 0. The van der Waals surface area contributed by atoms with E-state index in [0.29, 0.717) is 12.2 Å². The van der Waals surface area contributed by atoms with Crippen LogP contribution < -0.4 is 10.2 Å². The molecule has 6 heteroatoms. The van der Waals surface area contributed by atoms with E-state index < -0.39 is 11.8 Å². The van der Waals surface area contributed by atoms with E-state index in [4.69, 9.17) is 12.2 Å². The lowest BCUT2D eigenvalue weighted by Gasteiger charge is -2.29. The number of hydrogen-bond donors (Lipinski definition) is 1. The molecular formula is C27H21N3O2S. The number of benzene rings is 3. The minimum atomic E-state index is -0.491. The number of carbonyl (C=O) groups excluding carboxylic acids is 2. The van der Waals surface area contributed by atoms with Crippen LogP contribution in [0.2, 0.25) is 0 Å². The largest absolute Gasteiger partial charge is 0.342 e. The van der Waals surface area contributed by atoms with Crippen LogP contribution >= 0.6 is 12.2 Å². The molecule has 1 N–H and O–H groups in total. The molecule has 2 amide bonds. The molecule has 3 aromatic carbocycles. The van der Waals surface area contributed by atoms with Crippen molar-refractivity contribution < 1.29 is 9.59 Å². The van der Waals surface area contributed by atoms with Crippen molar-refractivity contribution in [3.63, 3.8) is 0 Å². The molecule has 5 rings (SSSR count). The number of thiocarbonyl (C=S) groups is 1. The number of aryl methyl sites for hydroxylation is 1. The molecule has 33 heavy (non-hydrogen) atoms. The van der Waals surface area contributed by atoms with Crippen LogP contribution in [-0.4, -0.2) is 21.5 Å². The quantitative estimate of drug-likeness (QED) is 0.275. The highest BCUT2D eigenvalue weighted by Gasteiger charge is 2.35. The number of fused-ring (bicyclic) bond motifs is 1. The number of rotatable bonds is 4. The Kier molecular flexibility index (Phi) is 5.36. The summed E-state index contributed by atoms with van der Waals surface area (Å²) in [5, 5.41) is 3.73. The summed E-state index contributed by atoms with van der Waals surface area (Å²) in [5.41, 5.74) is 4.60. The van der Waals surface area contributed by atoms with Crippen LogP contribution in [0.25, 0.3) is 17.0 Å². The summed E-state index contributed by atoms with van der Waals surface area (Å²) in [4.78, 5) is 27.6. The molecule has 1 aliphatic rings. The smallest absolute Gasteiger partial charge is 0.270 e. The topological polar surface area (TPSA) is 54.3 Å². The molecule has 0 unspecified atom stereocenters. The molecule has 0 atom stereocenters. The van der Waals surface area contributed by atoms with Gasteiger partial charge < -0.3 is 4.57 Å². The highest BCUT2D eigenvalue weighted by Crippen LogP contribution is 2.28. The van der Waals surface area contributed by atoms with E-state index in [1.54, 1.807) is 6.08 Å². The molecule has 0 aliphatic carbocycles. The van der Waals surface area contributed by atoms with Crippen molar-refractivity contribution >= 4 is 51.8 Å². The maximum atomic E-state index is 13.4. The van der Waals surface area contributed by atoms with Gasteiger partial charge in [0.2, 0.25) is 0 Å². The molecule has 1 fully saturated rings. The molecule has 1 aromatic heterocycles. The predicted octanol–water partition coefficient (Wildman–Crippen LogP) is 4.83. The zero-order chi connectivity index (χ0) is 22.9. The van der Waals surface area contributed by atoms with Gasteiger partial charge in [-0.1, -0.05) is 66.7 Å². The van der Waals surface area contributed by atoms with Gasteiger partial charge in [-0.05, 0) is 48.5 Å². The maximum Gasteiger partial charge on any atom is 0.270 e. The Morgan fingerprint density at radius 1 is 0.909 bits per heavy atom. The van der Waals surface area contributed by atoms with Gasteiger partial charge in [0.25, 0.3) is 11.8 Å². The number of hydrogen-bond acceptors (Lipinski definition) is 3. The summed E-state index contributed by atoms with van der Waals surface area (Å²) in [6, 6.07) is 25.6. The number of amides is 2. The van der Waals surface area contributed by atoms with Crippen molar-refractivity contribution in [1.82, 2.24) is 9.88 Å². The molecule has 4 aromatic rings. The van der Waals surface area contributed by atoms with Gasteiger partial charge in [-0.2, -0.15) is 0 Å². The zero-order valence-corrected chi connectivity index (χ0v) is 18.8. The van der Waals surface area contributed by atoms with Crippen molar-refractivity contribution in [2.75, 3.05) is 4.90 Å². The Morgan fingerprint density at radius 2 is 1.61 bits per heavy atom. The SMILES string of the molecule is Cc1ccccc1N1C(=O)/C(=C\c2cn(Cc3ccccc3)c3ccccc23)C(=O)NC1=S. The average Bonchev–Trinajstić information content (AvgIpc) is 3.16. The number of anilines is 1. The van der Waals surface area contributed by atoms with Crippen molar-refractivity contribution in [1.29, 1.82) is 0 Å². The van der Waals surface area contributed by atoms with Crippen molar-refractivity contribution in [2.24, 2.45) is 0 Å². The van der Waals surface area contributed by atoms with Gasteiger partial charge in [0, 0.05) is 29.2 Å². The molecule has 0 spiro atoms. The van der Waals surface area contributed by atoms with Gasteiger partial charge in [-0.15, -0.1) is 0 Å². The van der Waals surface area contributed by atoms with Gasteiger partial charge in [-0.3, -0.25) is 19.8 Å². The van der Waals surface area contributed by atoms with E-state index >= 15 is 0 Å². The summed E-state index contributed by atoms with van der Waals surface area (Å²) in [5.74, 6) is -0.923. The molecule has 1 aliphatic heterocycles. The molecule has 5 nitrogen and oxygen atoms in total. The van der Waals surface area contributed by atoms with E-state index in [2.05, 4.69) is 22.0 Å². The van der Waals surface area contributed by atoms with Gasteiger partial charge in [0.1, 0.15) is 5.57 Å². The summed E-state index contributed by atoms with van der Waals surface area (Å²) in [6.07, 6.45) is 3.64. The molecule has 0 bridgehead atoms. The molecule has 2 heterocycles. The van der Waals surface area contributed by atoms with Crippen molar-refractivity contribution in [3.05, 3.63) is 107 Å². The first-order chi connectivity index (χ1) is 16.0. The fourth-order valence-electron chi connectivity index (χ4n) is 4.15. The fourth-order valence-corrected chi connectivity index (χ4v) is 4.42. The van der Waals surface area contributed by atoms with Crippen molar-refractivity contribution in [2.45, 2.75) is 13.5 Å². The van der Waals surface area contributed by atoms with Crippen LogP contribution in [0, 0.1) is 6.92 Å². The van der Waals surface area contributed by atoms with Crippen LogP contribution in [0.5, 0.6) is 0 Å². The van der Waals surface area contributed by atoms with Gasteiger partial charge >= 0.3 is 0 Å². The average molecular weight is 452 g/mol. The Hall–Kier alpha value is -4.03. The van der Waals surface area contributed by atoms with Crippen LogP contribution in [-0.2, 0) is 16.1 Å². The monoisotopic (exact) mass is 451 g/mol. The molecule has 0 radical (unpaired) electrons. The second kappa shape index (κ2) is 8.48. The number of nitrogens with one attached hydrogen (secondary N) is 1. The number of nitrogens with zero attached hydrogens (tertiary/aromatic N) is 2. The minimum absolute atomic E-state index is 0.0504. The molecular weight excluding hydrogens is 430 g/mol. The Labute approximate surface area is 196 Å². The van der Waals surface area contributed by atoms with Crippen LogP contribution in [0.4, 0.5) is 5.69 Å². The van der Waals surface area contributed by atoms with Gasteiger partial charge in [0.05, 0.1) is 5.69 Å². The fraction of sp³-hybridized carbons (Fsp3) is 0.0741. The lowest BCUT2D eigenvalue weighted by Crippen LogP contribution is -2.54. The normalized spacial score (nSPS) is 15.4. The predicted molar refractivity (Wildman–Crippen MR) is 135 cm³/mol. The summed E-state index contributed by atoms with van der Waals surface area (Å²) >= 11 is 5.34. The van der Waals surface area contributed by atoms with E-state index in [9.17, 15) is 9.59 Å². The lowest BCUT2D eigenvalue weighted by molar-refractivity contribution is -0.122. The Bertz CT molecular complexity index is 1440. The lowest BCUT2D eigenvalue weighted by atomic mass is 10.1. The number of carbonyl (C=O) groups is 2. The minimum Gasteiger partial charge on any atom is -0.342 e. The van der Waals surface area contributed by atoms with Crippen LogP contribution in [0.15, 0.2) is 90.6 Å². The standard InChI is InChI=1S/C27H21N3O2S/c1-18-9-5-7-13-23(18)30-26(32)22(25(31)28-27(30)33)15-20-17-29(16-19-10-3-2-4-11-19)24-14-8-6-12-21(20)24/h2-15,17H,16H2,1H3,(H,28,31,33)/b22-15-. The summed E-state index contributed by atoms with van der Waals surface area (Å²) < 4.78 is 2.13. The zero-order valence-electron chi connectivity index (χ0n) is 18.0. The van der Waals surface area contributed by atoms with Crippen LogP contribution in [0.1, 0.15) is 16.7 Å². The first kappa shape index (κ1) is 20.8. The van der Waals surface area contributed by atoms with E-state index in [-0.39, 0.29) is 10.7 Å². The third-order valence-electron chi connectivity index (χ3n) is 5.77. The van der Waals surface area contributed by atoms with Crippen molar-refractivity contribution in [3.8, 4) is 0 Å². The Morgan fingerprint density at radius 3 is 2.39 bits per heavy atom. The third kappa shape index (κ3) is 3.85. The summed E-state index contributed by atoms with van der Waals surface area (Å²) in [6.45, 7) is 2.59. The second-order valence-electron chi connectivity index (χ2n) is 7.96. The van der Waals surface area contributed by atoms with Gasteiger partial charge in [-0.25, -0.2) is 0 Å². The van der Waals surface area contributed by atoms with Gasteiger partial charge in [0.15, 0.2) is 5.11 Å². The Balaban J connectivity index is 1.59. The van der Waals surface area contributed by atoms with E-state index in [0.717, 1.165) is 22.0 Å².